The number of nitrogens with zero attached hydrogens (tertiary/aromatic N) is 2. The summed E-state index contributed by atoms with van der Waals surface area (Å²) in [7, 11) is -2.62. The van der Waals surface area contributed by atoms with Crippen molar-refractivity contribution in [3.63, 3.8) is 0 Å². The number of aryl methyl sites for hydroxylation is 1. The van der Waals surface area contributed by atoms with Gasteiger partial charge in [0.2, 0.25) is 0 Å². The Kier molecular flexibility index (Phi) is 7.12. The van der Waals surface area contributed by atoms with Gasteiger partial charge in [-0.25, -0.2) is 13.8 Å². The Bertz CT molecular complexity index is 1480. The Labute approximate surface area is 204 Å². The highest BCUT2D eigenvalue weighted by Crippen LogP contribution is 2.32. The van der Waals surface area contributed by atoms with Gasteiger partial charge in [0.05, 0.1) is 23.9 Å². The number of amides is 1. The number of carbonyl (C=O) groups excluding carboxylic acids is 1. The minimum atomic E-state index is -4.06. The molecular weight excluding hydrogens is 462 g/mol. The average molecular weight is 488 g/mol. The summed E-state index contributed by atoms with van der Waals surface area (Å²) in [5, 5.41) is 6.11. The summed E-state index contributed by atoms with van der Waals surface area (Å²) in [6, 6.07) is 26.7. The van der Waals surface area contributed by atoms with Crippen LogP contribution in [0.15, 0.2) is 101 Å². The molecule has 1 amide bonds. The minimum absolute atomic E-state index is 0.0704. The molecule has 0 bridgehead atoms. The van der Waals surface area contributed by atoms with Crippen LogP contribution in [0.3, 0.4) is 0 Å². The zero-order valence-corrected chi connectivity index (χ0v) is 20.2. The molecule has 0 fully saturated rings. The van der Waals surface area contributed by atoms with E-state index in [1.165, 1.54) is 19.2 Å². The molecule has 0 aliphatic heterocycles. The van der Waals surface area contributed by atoms with Crippen molar-refractivity contribution >= 4 is 38.6 Å². The van der Waals surface area contributed by atoms with Crippen molar-refractivity contribution in [1.82, 2.24) is 5.43 Å². The van der Waals surface area contributed by atoms with Gasteiger partial charge in [-0.1, -0.05) is 72.3 Å². The number of anilines is 1. The van der Waals surface area contributed by atoms with Crippen LogP contribution in [0.5, 0.6) is 5.75 Å². The molecule has 0 saturated heterocycles. The van der Waals surface area contributed by atoms with Gasteiger partial charge in [-0.05, 0) is 42.0 Å². The van der Waals surface area contributed by atoms with Crippen molar-refractivity contribution < 1.29 is 17.9 Å². The van der Waals surface area contributed by atoms with Crippen LogP contribution in [-0.4, -0.2) is 34.2 Å². The molecule has 35 heavy (non-hydrogen) atoms. The molecule has 0 spiro atoms. The van der Waals surface area contributed by atoms with Crippen LogP contribution in [-0.2, 0) is 14.8 Å². The van der Waals surface area contributed by atoms with Crippen LogP contribution in [0.1, 0.15) is 11.1 Å². The molecule has 0 aliphatic carbocycles. The highest BCUT2D eigenvalue weighted by molar-refractivity contribution is 7.92. The maximum Gasteiger partial charge on any atom is 0.264 e. The highest BCUT2D eigenvalue weighted by Gasteiger charge is 2.29. The second-order valence-electron chi connectivity index (χ2n) is 7.86. The summed E-state index contributed by atoms with van der Waals surface area (Å²) in [6.45, 7) is 1.39. The first kappa shape index (κ1) is 24.0. The fourth-order valence-corrected chi connectivity index (χ4v) is 5.11. The summed E-state index contributed by atoms with van der Waals surface area (Å²) < 4.78 is 33.5. The van der Waals surface area contributed by atoms with Gasteiger partial charge in [0, 0.05) is 5.56 Å². The summed E-state index contributed by atoms with van der Waals surface area (Å²) in [5.41, 5.74) is 4.46. The third-order valence-electron chi connectivity index (χ3n) is 5.47. The fraction of sp³-hybridized carbons (Fsp3) is 0.111. The first-order valence-electron chi connectivity index (χ1n) is 10.9. The van der Waals surface area contributed by atoms with E-state index in [1.54, 1.807) is 42.6 Å². The largest absolute Gasteiger partial charge is 0.495 e. The number of rotatable bonds is 8. The Balaban J connectivity index is 1.61. The van der Waals surface area contributed by atoms with Gasteiger partial charge in [0.1, 0.15) is 12.3 Å². The first-order chi connectivity index (χ1) is 16.9. The lowest BCUT2D eigenvalue weighted by Gasteiger charge is -2.25. The third-order valence-corrected chi connectivity index (χ3v) is 7.24. The van der Waals surface area contributed by atoms with Crippen molar-refractivity contribution in [1.29, 1.82) is 0 Å². The lowest BCUT2D eigenvalue weighted by molar-refractivity contribution is -0.119. The number of benzene rings is 4. The van der Waals surface area contributed by atoms with Crippen LogP contribution >= 0.6 is 0 Å². The van der Waals surface area contributed by atoms with Crippen LogP contribution in [0.2, 0.25) is 0 Å². The van der Waals surface area contributed by atoms with E-state index in [-0.39, 0.29) is 10.6 Å². The lowest BCUT2D eigenvalue weighted by Crippen LogP contribution is -2.39. The first-order valence-corrected chi connectivity index (χ1v) is 12.4. The number of sulfonamides is 1. The van der Waals surface area contributed by atoms with E-state index in [2.05, 4.69) is 10.5 Å². The van der Waals surface area contributed by atoms with Gasteiger partial charge in [0.25, 0.3) is 15.9 Å². The molecule has 0 heterocycles. The molecule has 4 rings (SSSR count). The Morgan fingerprint density at radius 2 is 1.63 bits per heavy atom. The number of hydrazone groups is 1. The van der Waals surface area contributed by atoms with Crippen molar-refractivity contribution in [2.45, 2.75) is 11.8 Å². The molecule has 0 saturated carbocycles. The number of para-hydroxylation sites is 2. The molecule has 8 heteroatoms. The molecule has 4 aromatic rings. The minimum Gasteiger partial charge on any atom is -0.495 e. The second kappa shape index (κ2) is 10.4. The van der Waals surface area contributed by atoms with Crippen molar-refractivity contribution in [3.05, 3.63) is 102 Å². The van der Waals surface area contributed by atoms with E-state index in [0.29, 0.717) is 5.75 Å². The predicted molar refractivity (Wildman–Crippen MR) is 138 cm³/mol. The maximum atomic E-state index is 13.5. The number of carbonyl (C=O) groups is 1. The summed E-state index contributed by atoms with van der Waals surface area (Å²) in [4.78, 5) is 12.9. The molecule has 0 atom stereocenters. The van der Waals surface area contributed by atoms with Crippen LogP contribution in [0.25, 0.3) is 10.8 Å². The van der Waals surface area contributed by atoms with Gasteiger partial charge in [-0.15, -0.1) is 0 Å². The maximum absolute atomic E-state index is 13.5. The zero-order valence-electron chi connectivity index (χ0n) is 19.4. The van der Waals surface area contributed by atoms with E-state index < -0.39 is 22.5 Å². The van der Waals surface area contributed by atoms with E-state index in [4.69, 9.17) is 4.74 Å². The summed E-state index contributed by atoms with van der Waals surface area (Å²) >= 11 is 0. The topological polar surface area (TPSA) is 88.1 Å². The quantitative estimate of drug-likeness (QED) is 0.293. The molecule has 7 nitrogen and oxygen atoms in total. The molecule has 178 valence electrons. The molecule has 0 unspecified atom stereocenters. The number of nitrogens with one attached hydrogen (secondary N) is 1. The summed E-state index contributed by atoms with van der Waals surface area (Å²) in [5.74, 6) is -0.265. The smallest absolute Gasteiger partial charge is 0.264 e. The number of ether oxygens (including phenoxy) is 1. The van der Waals surface area contributed by atoms with Crippen molar-refractivity contribution in [3.8, 4) is 5.75 Å². The van der Waals surface area contributed by atoms with Gasteiger partial charge in [0.15, 0.2) is 0 Å². The monoisotopic (exact) mass is 487 g/mol. The normalized spacial score (nSPS) is 11.5. The Morgan fingerprint density at radius 3 is 2.40 bits per heavy atom. The number of hydrogen-bond donors (Lipinski definition) is 1. The van der Waals surface area contributed by atoms with E-state index in [9.17, 15) is 13.2 Å². The molecule has 1 N–H and O–H groups in total. The number of hydrogen-bond acceptors (Lipinski definition) is 5. The van der Waals surface area contributed by atoms with Crippen molar-refractivity contribution in [2.24, 2.45) is 5.10 Å². The van der Waals surface area contributed by atoms with Gasteiger partial charge >= 0.3 is 0 Å². The zero-order chi connectivity index (χ0) is 24.8. The molecule has 0 radical (unpaired) electrons. The second-order valence-corrected chi connectivity index (χ2v) is 9.72. The van der Waals surface area contributed by atoms with Gasteiger partial charge in [-0.3, -0.25) is 9.10 Å². The molecule has 0 aromatic heterocycles. The SMILES string of the molecule is COc1ccccc1N(CC(=O)N/N=C\c1cccc2ccccc12)S(=O)(=O)c1ccc(C)cc1. The van der Waals surface area contributed by atoms with Crippen molar-refractivity contribution in [2.75, 3.05) is 18.0 Å². The summed E-state index contributed by atoms with van der Waals surface area (Å²) in [6.07, 6.45) is 1.54. The van der Waals surface area contributed by atoms with E-state index in [1.807, 2.05) is 49.4 Å². The lowest BCUT2D eigenvalue weighted by atomic mass is 10.1. The van der Waals surface area contributed by atoms with Gasteiger partial charge < -0.3 is 4.74 Å². The molecule has 4 aromatic carbocycles. The van der Waals surface area contributed by atoms with Crippen LogP contribution in [0, 0.1) is 6.92 Å². The number of methoxy groups -OCH3 is 1. The third kappa shape index (κ3) is 5.33. The fourth-order valence-electron chi connectivity index (χ4n) is 3.68. The average Bonchev–Trinajstić information content (AvgIpc) is 2.87. The van der Waals surface area contributed by atoms with Gasteiger partial charge in [-0.2, -0.15) is 5.10 Å². The Hall–Kier alpha value is -4.17. The van der Waals surface area contributed by atoms with Crippen LogP contribution < -0.4 is 14.5 Å². The standard InChI is InChI=1S/C27H25N3O4S/c1-20-14-16-23(17-15-20)35(32,33)30(25-12-5-6-13-26(25)34-2)19-27(31)29-28-18-22-10-7-9-21-8-3-4-11-24(21)22/h3-18H,19H2,1-2H3,(H,29,31)/b28-18-. The van der Waals surface area contributed by atoms with E-state index >= 15 is 0 Å². The van der Waals surface area contributed by atoms with E-state index in [0.717, 1.165) is 26.2 Å². The Morgan fingerprint density at radius 1 is 0.943 bits per heavy atom. The molecule has 0 aliphatic rings. The van der Waals surface area contributed by atoms with Crippen LogP contribution in [0.4, 0.5) is 5.69 Å². The molecular formula is C27H25N3O4S. The highest BCUT2D eigenvalue weighted by atomic mass is 32.2. The number of fused-ring (bicyclic) bond motifs is 1. The predicted octanol–water partition coefficient (Wildman–Crippen LogP) is 4.50.